The fourth-order valence-electron chi connectivity index (χ4n) is 1.50. The summed E-state index contributed by atoms with van der Waals surface area (Å²) in [5, 5.41) is 18.1. The highest BCUT2D eigenvalue weighted by atomic mass is 32.2. The van der Waals surface area contributed by atoms with Crippen LogP contribution in [0.15, 0.2) is 44.4 Å². The van der Waals surface area contributed by atoms with Crippen LogP contribution in [-0.4, -0.2) is 11.4 Å². The van der Waals surface area contributed by atoms with Crippen molar-refractivity contribution in [3.8, 4) is 23.1 Å². The minimum atomic E-state index is -0.646. The summed E-state index contributed by atoms with van der Waals surface area (Å²) < 4.78 is 5.09. The van der Waals surface area contributed by atoms with Crippen LogP contribution in [0.25, 0.3) is 11.3 Å². The number of benzene rings is 1. The van der Waals surface area contributed by atoms with Gasteiger partial charge in [0, 0.05) is 10.5 Å². The summed E-state index contributed by atoms with van der Waals surface area (Å²) in [6, 6.07) is 9.78. The van der Waals surface area contributed by atoms with E-state index in [9.17, 15) is 9.90 Å². The molecule has 0 amide bonds. The van der Waals surface area contributed by atoms with E-state index in [0.29, 0.717) is 16.2 Å². The average molecular weight is 259 g/mol. The lowest BCUT2D eigenvalue weighted by Gasteiger charge is -2.04. The topological polar surface area (TPSA) is 74.2 Å². The van der Waals surface area contributed by atoms with E-state index >= 15 is 0 Å². The molecule has 2 rings (SSSR count). The molecule has 1 N–H and O–H groups in total. The number of hydrogen-bond acceptors (Lipinski definition) is 5. The third-order valence-corrected chi connectivity index (χ3v) is 3.16. The van der Waals surface area contributed by atoms with E-state index in [-0.39, 0.29) is 11.3 Å². The van der Waals surface area contributed by atoms with E-state index in [1.807, 2.05) is 6.07 Å². The third-order valence-electron chi connectivity index (χ3n) is 2.40. The zero-order valence-corrected chi connectivity index (χ0v) is 10.3. The molecule has 0 spiro atoms. The van der Waals surface area contributed by atoms with Crippen molar-refractivity contribution in [2.75, 3.05) is 6.26 Å². The Labute approximate surface area is 107 Å². The van der Waals surface area contributed by atoms with E-state index in [4.69, 9.17) is 9.68 Å². The van der Waals surface area contributed by atoms with Gasteiger partial charge in [-0.15, -0.1) is 11.8 Å². The molecule has 0 radical (unpaired) electrons. The quantitative estimate of drug-likeness (QED) is 0.839. The van der Waals surface area contributed by atoms with Gasteiger partial charge >= 0.3 is 5.63 Å². The minimum Gasteiger partial charge on any atom is -0.508 e. The van der Waals surface area contributed by atoms with E-state index in [0.717, 1.165) is 0 Å². The molecule has 0 atom stereocenters. The molecule has 0 fully saturated rings. The fourth-order valence-corrected chi connectivity index (χ4v) is 2.06. The van der Waals surface area contributed by atoms with Crippen molar-refractivity contribution >= 4 is 11.8 Å². The van der Waals surface area contributed by atoms with Crippen LogP contribution in [-0.2, 0) is 0 Å². The summed E-state index contributed by atoms with van der Waals surface area (Å²) >= 11 is 1.31. The lowest BCUT2D eigenvalue weighted by molar-refractivity contribution is 0.475. The van der Waals surface area contributed by atoms with Gasteiger partial charge in [-0.05, 0) is 36.6 Å². The largest absolute Gasteiger partial charge is 0.508 e. The molecule has 0 saturated heterocycles. The van der Waals surface area contributed by atoms with E-state index in [1.165, 1.54) is 23.9 Å². The molecule has 0 saturated carbocycles. The second-order valence-electron chi connectivity index (χ2n) is 3.50. The molecule has 18 heavy (non-hydrogen) atoms. The van der Waals surface area contributed by atoms with Crippen LogP contribution < -0.4 is 5.63 Å². The Hall–Kier alpha value is -2.19. The predicted octanol–water partition coefficient (Wildman–Crippen LogP) is 2.61. The first-order valence-electron chi connectivity index (χ1n) is 5.07. The van der Waals surface area contributed by atoms with Crippen LogP contribution in [0.4, 0.5) is 0 Å². The van der Waals surface area contributed by atoms with Gasteiger partial charge in [-0.25, -0.2) is 4.79 Å². The van der Waals surface area contributed by atoms with Crippen molar-refractivity contribution in [2.45, 2.75) is 4.90 Å². The fraction of sp³-hybridized carbons (Fsp3) is 0.0769. The van der Waals surface area contributed by atoms with Gasteiger partial charge in [0.2, 0.25) is 0 Å². The Morgan fingerprint density at radius 1 is 1.33 bits per heavy atom. The molecular weight excluding hydrogens is 250 g/mol. The highest BCUT2D eigenvalue weighted by molar-refractivity contribution is 7.98. The second-order valence-corrected chi connectivity index (χ2v) is 4.35. The smallest absolute Gasteiger partial charge is 0.355 e. The highest BCUT2D eigenvalue weighted by Gasteiger charge is 2.11. The zero-order valence-electron chi connectivity index (χ0n) is 9.51. The molecule has 1 heterocycles. The number of rotatable bonds is 2. The first-order valence-corrected chi connectivity index (χ1v) is 6.30. The Kier molecular flexibility index (Phi) is 3.40. The number of phenols is 1. The van der Waals surface area contributed by atoms with Crippen LogP contribution in [0.3, 0.4) is 0 Å². The Morgan fingerprint density at radius 2 is 2.00 bits per heavy atom. The highest BCUT2D eigenvalue weighted by Crippen LogP contribution is 2.26. The zero-order chi connectivity index (χ0) is 13.1. The molecule has 4 nitrogen and oxygen atoms in total. The maximum absolute atomic E-state index is 11.6. The molecule has 1 aromatic heterocycles. The first-order chi connectivity index (χ1) is 8.65. The molecule has 0 aliphatic carbocycles. The SMILES string of the molecule is CSc1cc(-c2ccc(O)cc2)oc(=O)c1C#N. The molecule has 0 aliphatic heterocycles. The van der Waals surface area contributed by atoms with Gasteiger partial charge in [0.25, 0.3) is 0 Å². The molecule has 2 aromatic rings. The maximum Gasteiger partial charge on any atom is 0.355 e. The average Bonchev–Trinajstić information content (AvgIpc) is 2.38. The van der Waals surface area contributed by atoms with Gasteiger partial charge in [-0.1, -0.05) is 0 Å². The van der Waals surface area contributed by atoms with Crippen LogP contribution in [0.5, 0.6) is 5.75 Å². The molecule has 0 aliphatic rings. The number of aromatic hydroxyl groups is 1. The number of hydrogen-bond donors (Lipinski definition) is 1. The van der Waals surface area contributed by atoms with Gasteiger partial charge in [0.05, 0.1) is 0 Å². The summed E-state index contributed by atoms with van der Waals surface area (Å²) in [4.78, 5) is 12.2. The summed E-state index contributed by atoms with van der Waals surface area (Å²) in [6.45, 7) is 0. The van der Waals surface area contributed by atoms with Gasteiger partial charge in [0.1, 0.15) is 17.6 Å². The lowest BCUT2D eigenvalue weighted by Crippen LogP contribution is -2.06. The lowest BCUT2D eigenvalue weighted by atomic mass is 10.1. The molecular formula is C13H9NO3S. The number of nitrogens with zero attached hydrogens (tertiary/aromatic N) is 1. The van der Waals surface area contributed by atoms with Gasteiger partial charge in [-0.3, -0.25) is 0 Å². The van der Waals surface area contributed by atoms with Crippen LogP contribution in [0.2, 0.25) is 0 Å². The summed E-state index contributed by atoms with van der Waals surface area (Å²) in [7, 11) is 0. The van der Waals surface area contributed by atoms with Gasteiger partial charge in [-0.2, -0.15) is 5.26 Å². The third kappa shape index (κ3) is 2.24. The summed E-state index contributed by atoms with van der Waals surface area (Å²) in [5.41, 5.74) is 0.0437. The first kappa shape index (κ1) is 12.3. The monoisotopic (exact) mass is 259 g/mol. The number of phenolic OH excluding ortho intramolecular Hbond substituents is 1. The second kappa shape index (κ2) is 4.98. The normalized spacial score (nSPS) is 10.0. The Bertz CT molecular complexity index is 668. The van der Waals surface area contributed by atoms with E-state index < -0.39 is 5.63 Å². The van der Waals surface area contributed by atoms with Crippen LogP contribution >= 0.6 is 11.8 Å². The standard InChI is InChI=1S/C13H9NO3S/c1-18-12-6-11(17-13(16)10(12)7-14)8-2-4-9(15)5-3-8/h2-6,15H,1H3. The Balaban J connectivity index is 2.60. The van der Waals surface area contributed by atoms with E-state index in [1.54, 1.807) is 24.5 Å². The molecule has 90 valence electrons. The molecule has 0 unspecified atom stereocenters. The molecule has 0 bridgehead atoms. The van der Waals surface area contributed by atoms with Crippen molar-refractivity contribution in [3.63, 3.8) is 0 Å². The van der Waals surface area contributed by atoms with Crippen molar-refractivity contribution in [2.24, 2.45) is 0 Å². The molecule has 1 aromatic carbocycles. The molecule has 5 heteroatoms. The van der Waals surface area contributed by atoms with Gasteiger partial charge < -0.3 is 9.52 Å². The number of nitriles is 1. The van der Waals surface area contributed by atoms with Crippen LogP contribution in [0.1, 0.15) is 5.56 Å². The summed E-state index contributed by atoms with van der Waals surface area (Å²) in [5.74, 6) is 0.517. The van der Waals surface area contributed by atoms with Gasteiger partial charge in [0.15, 0.2) is 5.56 Å². The maximum atomic E-state index is 11.6. The van der Waals surface area contributed by atoms with Crippen molar-refractivity contribution < 1.29 is 9.52 Å². The minimum absolute atomic E-state index is 0.0185. The van der Waals surface area contributed by atoms with Crippen molar-refractivity contribution in [1.29, 1.82) is 5.26 Å². The van der Waals surface area contributed by atoms with Crippen LogP contribution in [0, 0.1) is 11.3 Å². The van der Waals surface area contributed by atoms with Crippen molar-refractivity contribution in [1.82, 2.24) is 0 Å². The van der Waals surface area contributed by atoms with E-state index in [2.05, 4.69) is 0 Å². The predicted molar refractivity (Wildman–Crippen MR) is 68.6 cm³/mol. The van der Waals surface area contributed by atoms with Crippen molar-refractivity contribution in [3.05, 3.63) is 46.3 Å². The number of thioether (sulfide) groups is 1. The Morgan fingerprint density at radius 3 is 2.56 bits per heavy atom. The summed E-state index contributed by atoms with van der Waals surface area (Å²) in [6.07, 6.45) is 1.79.